The van der Waals surface area contributed by atoms with E-state index >= 15 is 0 Å². The SMILES string of the molecule is CN1CCN(C(CNC(=O)C(=O)Nc2ccccc2Cl)c2ccc(N(C)C)cc2)CC1. The molecule has 7 nitrogen and oxygen atoms in total. The van der Waals surface area contributed by atoms with Crippen molar-refractivity contribution in [3.05, 3.63) is 59.1 Å². The van der Waals surface area contributed by atoms with Crippen molar-refractivity contribution in [1.82, 2.24) is 15.1 Å². The molecule has 31 heavy (non-hydrogen) atoms. The zero-order valence-corrected chi connectivity index (χ0v) is 19.0. The van der Waals surface area contributed by atoms with Gasteiger partial charge in [0.2, 0.25) is 0 Å². The van der Waals surface area contributed by atoms with Gasteiger partial charge in [0.05, 0.1) is 16.8 Å². The monoisotopic (exact) mass is 443 g/mol. The van der Waals surface area contributed by atoms with Crippen LogP contribution in [0.25, 0.3) is 0 Å². The third-order valence-corrected chi connectivity index (χ3v) is 5.89. The first kappa shape index (κ1) is 23.1. The van der Waals surface area contributed by atoms with Crippen molar-refractivity contribution >= 4 is 34.8 Å². The molecule has 3 rings (SSSR count). The number of halogens is 1. The van der Waals surface area contributed by atoms with Gasteiger partial charge in [-0.15, -0.1) is 0 Å². The molecule has 0 aromatic heterocycles. The molecular formula is C23H30ClN5O2. The predicted molar refractivity (Wildman–Crippen MR) is 126 cm³/mol. The molecule has 2 aromatic rings. The lowest BCUT2D eigenvalue weighted by Gasteiger charge is -2.38. The average Bonchev–Trinajstić information content (AvgIpc) is 2.76. The molecule has 1 fully saturated rings. The van der Waals surface area contributed by atoms with Crippen LogP contribution >= 0.6 is 11.6 Å². The molecule has 0 spiro atoms. The Kier molecular flexibility index (Phi) is 7.90. The second-order valence-electron chi connectivity index (χ2n) is 7.98. The van der Waals surface area contributed by atoms with Gasteiger partial charge in [-0.25, -0.2) is 0 Å². The van der Waals surface area contributed by atoms with Crippen molar-refractivity contribution in [3.63, 3.8) is 0 Å². The van der Waals surface area contributed by atoms with E-state index in [1.807, 2.05) is 14.1 Å². The molecule has 1 heterocycles. The smallest absolute Gasteiger partial charge is 0.313 e. The zero-order valence-electron chi connectivity index (χ0n) is 18.3. The molecule has 1 aliphatic rings. The lowest BCUT2D eigenvalue weighted by atomic mass is 10.0. The number of nitrogens with zero attached hydrogens (tertiary/aromatic N) is 3. The summed E-state index contributed by atoms with van der Waals surface area (Å²) in [5.74, 6) is -1.41. The molecule has 2 aromatic carbocycles. The van der Waals surface area contributed by atoms with E-state index in [9.17, 15) is 9.59 Å². The molecule has 1 unspecified atom stereocenters. The second kappa shape index (κ2) is 10.6. The molecule has 1 aliphatic heterocycles. The Balaban J connectivity index is 1.68. The quantitative estimate of drug-likeness (QED) is 0.671. The molecule has 1 atom stereocenters. The highest BCUT2D eigenvalue weighted by atomic mass is 35.5. The molecule has 0 radical (unpaired) electrons. The molecule has 0 saturated carbocycles. The lowest BCUT2D eigenvalue weighted by Crippen LogP contribution is -2.49. The van der Waals surface area contributed by atoms with E-state index in [4.69, 9.17) is 11.6 Å². The fraction of sp³-hybridized carbons (Fsp3) is 0.391. The maximum Gasteiger partial charge on any atom is 0.313 e. The van der Waals surface area contributed by atoms with Crippen LogP contribution in [0, 0.1) is 0 Å². The number of carbonyl (C=O) groups excluding carboxylic acids is 2. The largest absolute Gasteiger partial charge is 0.378 e. The van der Waals surface area contributed by atoms with E-state index in [0.29, 0.717) is 17.3 Å². The summed E-state index contributed by atoms with van der Waals surface area (Å²) in [5, 5.41) is 5.77. The molecule has 0 bridgehead atoms. The van der Waals surface area contributed by atoms with E-state index < -0.39 is 11.8 Å². The Morgan fingerprint density at radius 1 is 1.00 bits per heavy atom. The van der Waals surface area contributed by atoms with Crippen molar-refractivity contribution in [1.29, 1.82) is 0 Å². The first-order valence-corrected chi connectivity index (χ1v) is 10.8. The standard InChI is InChI=1S/C23H30ClN5O2/c1-27(2)18-10-8-17(9-11-18)21(29-14-12-28(3)13-15-29)16-25-22(30)23(31)26-20-7-5-4-6-19(20)24/h4-11,21H,12-16H2,1-3H3,(H,25,30)(H,26,31). The second-order valence-corrected chi connectivity index (χ2v) is 8.39. The van der Waals surface area contributed by atoms with E-state index in [0.717, 1.165) is 37.4 Å². The van der Waals surface area contributed by atoms with Crippen LogP contribution in [0.4, 0.5) is 11.4 Å². The van der Waals surface area contributed by atoms with Crippen molar-refractivity contribution in [3.8, 4) is 0 Å². The van der Waals surface area contributed by atoms with Crippen LogP contribution < -0.4 is 15.5 Å². The highest BCUT2D eigenvalue weighted by Gasteiger charge is 2.25. The van der Waals surface area contributed by atoms with Crippen LogP contribution in [-0.2, 0) is 9.59 Å². The van der Waals surface area contributed by atoms with E-state index in [-0.39, 0.29) is 6.04 Å². The minimum atomic E-state index is -0.729. The summed E-state index contributed by atoms with van der Waals surface area (Å²) in [5.41, 5.74) is 2.64. The summed E-state index contributed by atoms with van der Waals surface area (Å²) < 4.78 is 0. The van der Waals surface area contributed by atoms with Gasteiger partial charge < -0.3 is 20.4 Å². The third kappa shape index (κ3) is 6.19. The molecule has 1 saturated heterocycles. The number of anilines is 2. The first-order valence-electron chi connectivity index (χ1n) is 10.4. The number of nitrogens with one attached hydrogen (secondary N) is 2. The van der Waals surface area contributed by atoms with Crippen molar-refractivity contribution in [2.24, 2.45) is 0 Å². The van der Waals surface area contributed by atoms with Gasteiger partial charge in [0.25, 0.3) is 0 Å². The maximum atomic E-state index is 12.5. The van der Waals surface area contributed by atoms with Crippen LogP contribution in [0.5, 0.6) is 0 Å². The number of amides is 2. The fourth-order valence-electron chi connectivity index (χ4n) is 3.60. The van der Waals surface area contributed by atoms with Gasteiger partial charge in [-0.1, -0.05) is 35.9 Å². The summed E-state index contributed by atoms with van der Waals surface area (Å²) in [7, 11) is 6.12. The number of hydrogen-bond acceptors (Lipinski definition) is 5. The number of rotatable bonds is 6. The van der Waals surface area contributed by atoms with Gasteiger partial charge >= 0.3 is 11.8 Å². The summed E-state index contributed by atoms with van der Waals surface area (Å²) in [4.78, 5) is 31.5. The highest BCUT2D eigenvalue weighted by Crippen LogP contribution is 2.24. The Hall–Kier alpha value is -2.61. The van der Waals surface area contributed by atoms with Crippen LogP contribution in [-0.4, -0.2) is 75.5 Å². The average molecular weight is 444 g/mol. The first-order chi connectivity index (χ1) is 14.8. The van der Waals surface area contributed by atoms with Gasteiger partial charge in [-0.3, -0.25) is 14.5 Å². The van der Waals surface area contributed by atoms with Gasteiger partial charge in [0, 0.05) is 52.5 Å². The van der Waals surface area contributed by atoms with Crippen LogP contribution in [0.1, 0.15) is 11.6 Å². The summed E-state index contributed by atoms with van der Waals surface area (Å²) in [6.45, 7) is 4.08. The van der Waals surface area contributed by atoms with Crippen LogP contribution in [0.15, 0.2) is 48.5 Å². The number of likely N-dealkylation sites (N-methyl/N-ethyl adjacent to an activating group) is 1. The van der Waals surface area contributed by atoms with Gasteiger partial charge in [0.15, 0.2) is 0 Å². The number of benzene rings is 2. The molecule has 2 amide bonds. The Bertz CT molecular complexity index is 895. The number of hydrogen-bond donors (Lipinski definition) is 2. The lowest BCUT2D eigenvalue weighted by molar-refractivity contribution is -0.136. The van der Waals surface area contributed by atoms with Crippen molar-refractivity contribution in [2.45, 2.75) is 6.04 Å². The molecule has 2 N–H and O–H groups in total. The van der Waals surface area contributed by atoms with Gasteiger partial charge in [-0.05, 0) is 36.9 Å². The van der Waals surface area contributed by atoms with Crippen molar-refractivity contribution in [2.75, 3.05) is 64.1 Å². The zero-order chi connectivity index (χ0) is 22.4. The minimum Gasteiger partial charge on any atom is -0.378 e. The number of para-hydroxylation sites is 1. The van der Waals surface area contributed by atoms with Gasteiger partial charge in [0.1, 0.15) is 0 Å². The summed E-state index contributed by atoms with van der Waals surface area (Å²) in [6.07, 6.45) is 0. The Morgan fingerprint density at radius 2 is 1.65 bits per heavy atom. The predicted octanol–water partition coefficient (Wildman–Crippen LogP) is 2.45. The van der Waals surface area contributed by atoms with Crippen molar-refractivity contribution < 1.29 is 9.59 Å². The summed E-state index contributed by atoms with van der Waals surface area (Å²) in [6, 6.07) is 15.2. The van der Waals surface area contributed by atoms with Crippen LogP contribution in [0.3, 0.4) is 0 Å². The maximum absolute atomic E-state index is 12.5. The normalized spacial score (nSPS) is 15.9. The van der Waals surface area contributed by atoms with E-state index in [1.54, 1.807) is 24.3 Å². The number of piperazine rings is 1. The van der Waals surface area contributed by atoms with E-state index in [1.165, 1.54) is 0 Å². The fourth-order valence-corrected chi connectivity index (χ4v) is 3.78. The molecule has 0 aliphatic carbocycles. The number of carbonyl (C=O) groups is 2. The minimum absolute atomic E-state index is 0.0121. The highest BCUT2D eigenvalue weighted by molar-refractivity contribution is 6.41. The van der Waals surface area contributed by atoms with Gasteiger partial charge in [-0.2, -0.15) is 0 Å². The topological polar surface area (TPSA) is 67.9 Å². The van der Waals surface area contributed by atoms with Crippen LogP contribution in [0.2, 0.25) is 5.02 Å². The summed E-state index contributed by atoms with van der Waals surface area (Å²) >= 11 is 6.07. The Morgan fingerprint density at radius 3 is 2.26 bits per heavy atom. The Labute approximate surface area is 189 Å². The van der Waals surface area contributed by atoms with E-state index in [2.05, 4.69) is 56.6 Å². The third-order valence-electron chi connectivity index (χ3n) is 5.56. The molecule has 8 heteroatoms. The molecule has 166 valence electrons. The molecular weight excluding hydrogens is 414 g/mol.